The molecule has 0 spiro atoms. The van der Waals surface area contributed by atoms with E-state index in [0.29, 0.717) is 35.0 Å². The number of rotatable bonds is 1. The average molecular weight is 431 g/mol. The molecule has 9 unspecified atom stereocenters. The molecule has 5 saturated carbocycles. The van der Waals surface area contributed by atoms with Crippen LogP contribution in [0.4, 0.5) is 0 Å². The molecule has 0 radical (unpaired) electrons. The second-order valence-electron chi connectivity index (χ2n) is 14.0. The molecule has 5 rings (SSSR count). The Hall–Kier alpha value is -0.570. The lowest BCUT2D eigenvalue weighted by molar-refractivity contribution is -0.248. The van der Waals surface area contributed by atoms with Crippen molar-refractivity contribution < 1.29 is 15.0 Å². The maximum absolute atomic E-state index is 12.6. The highest BCUT2D eigenvalue weighted by atomic mass is 16.4. The summed E-state index contributed by atoms with van der Waals surface area (Å²) in [6.07, 6.45) is 10.8. The molecule has 0 aromatic carbocycles. The molecule has 5 fully saturated rings. The summed E-state index contributed by atoms with van der Waals surface area (Å²) < 4.78 is 0. The highest BCUT2D eigenvalue weighted by molar-refractivity contribution is 5.76. The van der Waals surface area contributed by atoms with Gasteiger partial charge in [0.05, 0.1) is 11.5 Å². The van der Waals surface area contributed by atoms with Gasteiger partial charge in [-0.25, -0.2) is 0 Å². The summed E-state index contributed by atoms with van der Waals surface area (Å²) in [5, 5.41) is 21.2. The third-order valence-corrected chi connectivity index (χ3v) is 13.2. The van der Waals surface area contributed by atoms with Crippen LogP contribution in [0.5, 0.6) is 0 Å². The van der Waals surface area contributed by atoms with Gasteiger partial charge < -0.3 is 10.2 Å². The van der Waals surface area contributed by atoms with Gasteiger partial charge in [-0.3, -0.25) is 4.79 Å². The summed E-state index contributed by atoms with van der Waals surface area (Å²) in [7, 11) is 0. The molecule has 0 heterocycles. The van der Waals surface area contributed by atoms with Gasteiger partial charge in [-0.2, -0.15) is 0 Å². The van der Waals surface area contributed by atoms with Crippen LogP contribution in [0.15, 0.2) is 0 Å². The topological polar surface area (TPSA) is 57.5 Å². The van der Waals surface area contributed by atoms with E-state index < -0.39 is 11.4 Å². The molecule has 10 atom stereocenters. The minimum absolute atomic E-state index is 0.00290. The number of carbonyl (C=O) groups is 1. The van der Waals surface area contributed by atoms with Crippen molar-refractivity contribution in [2.75, 3.05) is 0 Å². The summed E-state index contributed by atoms with van der Waals surface area (Å²) in [5.74, 6) is 2.23. The van der Waals surface area contributed by atoms with Gasteiger partial charge in [-0.15, -0.1) is 0 Å². The van der Waals surface area contributed by atoms with Gasteiger partial charge in [-0.1, -0.05) is 41.5 Å². The Morgan fingerprint density at radius 2 is 1.48 bits per heavy atom. The third-order valence-electron chi connectivity index (χ3n) is 13.2. The Balaban J connectivity index is 1.55. The van der Waals surface area contributed by atoms with Crippen molar-refractivity contribution in [3.8, 4) is 0 Å². The van der Waals surface area contributed by atoms with Crippen LogP contribution in [0, 0.1) is 56.7 Å². The van der Waals surface area contributed by atoms with Crippen molar-refractivity contribution in [2.24, 2.45) is 56.7 Å². The predicted molar refractivity (Wildman–Crippen MR) is 123 cm³/mol. The van der Waals surface area contributed by atoms with Gasteiger partial charge in [-0.05, 0) is 115 Å². The van der Waals surface area contributed by atoms with E-state index in [2.05, 4.69) is 41.5 Å². The van der Waals surface area contributed by atoms with E-state index in [4.69, 9.17) is 0 Å². The largest absolute Gasteiger partial charge is 0.481 e. The van der Waals surface area contributed by atoms with Crippen LogP contribution in [0.2, 0.25) is 0 Å². The van der Waals surface area contributed by atoms with E-state index in [1.165, 1.54) is 25.7 Å². The zero-order valence-corrected chi connectivity index (χ0v) is 20.8. The first-order valence-corrected chi connectivity index (χ1v) is 13.3. The van der Waals surface area contributed by atoms with Gasteiger partial charge in [0.25, 0.3) is 0 Å². The molecule has 0 amide bonds. The van der Waals surface area contributed by atoms with E-state index in [1.54, 1.807) is 0 Å². The van der Waals surface area contributed by atoms with E-state index in [1.807, 2.05) is 0 Å². The molecule has 0 aliphatic heterocycles. The number of carboxylic acids is 1. The molecule has 3 heteroatoms. The van der Waals surface area contributed by atoms with Crippen molar-refractivity contribution in [2.45, 2.75) is 112 Å². The summed E-state index contributed by atoms with van der Waals surface area (Å²) in [4.78, 5) is 12.6. The first-order chi connectivity index (χ1) is 14.3. The molecular weight excluding hydrogens is 384 g/mol. The van der Waals surface area contributed by atoms with Crippen LogP contribution >= 0.6 is 0 Å². The molecule has 2 N–H and O–H groups in total. The fourth-order valence-corrected chi connectivity index (χ4v) is 11.3. The van der Waals surface area contributed by atoms with Crippen LogP contribution < -0.4 is 0 Å². The molecule has 0 aromatic rings. The first kappa shape index (κ1) is 22.2. The Bertz CT molecular complexity index is 774. The summed E-state index contributed by atoms with van der Waals surface area (Å²) >= 11 is 0. The molecule has 0 bridgehead atoms. The maximum atomic E-state index is 12.6. The van der Waals surface area contributed by atoms with E-state index in [0.717, 1.165) is 38.5 Å². The quantitative estimate of drug-likeness (QED) is 0.497. The average Bonchev–Trinajstić information content (AvgIpc) is 3.04. The normalized spacial score (nSPS) is 57.9. The van der Waals surface area contributed by atoms with Gasteiger partial charge in [0, 0.05) is 0 Å². The minimum atomic E-state index is -0.505. The molecular formula is C28H46O3. The highest BCUT2D eigenvalue weighted by Crippen LogP contribution is 2.77. The molecule has 176 valence electrons. The smallest absolute Gasteiger partial charge is 0.309 e. The number of aliphatic hydroxyl groups excluding tert-OH is 1. The number of hydrogen-bond donors (Lipinski definition) is 2. The molecule has 0 saturated heterocycles. The van der Waals surface area contributed by atoms with Crippen LogP contribution in [0.3, 0.4) is 0 Å². The zero-order chi connectivity index (χ0) is 22.6. The lowest BCUT2D eigenvalue weighted by atomic mass is 9.32. The molecule has 5 aliphatic carbocycles. The van der Waals surface area contributed by atoms with Crippen molar-refractivity contribution in [1.82, 2.24) is 0 Å². The second kappa shape index (κ2) is 6.51. The van der Waals surface area contributed by atoms with Gasteiger partial charge in [0.1, 0.15) is 0 Å². The monoisotopic (exact) mass is 430 g/mol. The molecule has 3 nitrogen and oxygen atoms in total. The zero-order valence-electron chi connectivity index (χ0n) is 20.8. The fourth-order valence-electron chi connectivity index (χ4n) is 11.3. The fraction of sp³-hybridized carbons (Fsp3) is 0.964. The van der Waals surface area contributed by atoms with Crippen LogP contribution in [-0.2, 0) is 4.79 Å². The summed E-state index contributed by atoms with van der Waals surface area (Å²) in [6, 6.07) is 0. The van der Waals surface area contributed by atoms with Gasteiger partial charge in [0.15, 0.2) is 0 Å². The van der Waals surface area contributed by atoms with E-state index in [9.17, 15) is 15.0 Å². The second-order valence-corrected chi connectivity index (χ2v) is 14.0. The lowest BCUT2D eigenvalue weighted by Crippen LogP contribution is -2.67. The van der Waals surface area contributed by atoms with Gasteiger partial charge >= 0.3 is 5.97 Å². The molecule has 5 aliphatic rings. The Morgan fingerprint density at radius 3 is 2.16 bits per heavy atom. The Labute approximate surface area is 189 Å². The summed E-state index contributed by atoms with van der Waals surface area (Å²) in [6.45, 7) is 14.7. The first-order valence-electron chi connectivity index (χ1n) is 13.3. The minimum Gasteiger partial charge on any atom is -0.481 e. The summed E-state index contributed by atoms with van der Waals surface area (Å²) in [5.41, 5.74) is 0.368. The van der Waals surface area contributed by atoms with Crippen LogP contribution in [0.1, 0.15) is 106 Å². The number of aliphatic carboxylic acids is 1. The standard InChI is InChI=1S/C28H46O3/c1-17-9-14-28(23(30)31)16-15-26(5)18(22(17)28)7-8-20-25(4)12-11-21(29)24(2,3)19(25)10-13-27(20,26)6/h17-22,29H,7-16H2,1-6H3,(H,30,31)/t17?,18?,19?,20?,21?,22?,25?,26-,27?,28?/m1/s1. The number of carboxylic acid groups (broad SMARTS) is 1. The molecule has 31 heavy (non-hydrogen) atoms. The van der Waals surface area contributed by atoms with E-state index in [-0.39, 0.29) is 22.3 Å². The van der Waals surface area contributed by atoms with Crippen molar-refractivity contribution >= 4 is 5.97 Å². The number of hydrogen-bond acceptors (Lipinski definition) is 2. The van der Waals surface area contributed by atoms with Crippen molar-refractivity contribution in [3.05, 3.63) is 0 Å². The number of aliphatic hydroxyl groups is 1. The van der Waals surface area contributed by atoms with Crippen LogP contribution in [0.25, 0.3) is 0 Å². The number of fused-ring (bicyclic) bond motifs is 7. The lowest BCUT2D eigenvalue weighted by Gasteiger charge is -2.72. The maximum Gasteiger partial charge on any atom is 0.309 e. The molecule has 0 aromatic heterocycles. The third kappa shape index (κ3) is 2.48. The Kier molecular flexibility index (Phi) is 4.67. The highest BCUT2D eigenvalue weighted by Gasteiger charge is 2.71. The Morgan fingerprint density at radius 1 is 0.774 bits per heavy atom. The SMILES string of the molecule is CC1CCC2(C(=O)O)CC[C@]3(C)C(CCC4C5(C)CCC(O)C(C)(C)C5CCC43C)C12. The van der Waals surface area contributed by atoms with Crippen molar-refractivity contribution in [1.29, 1.82) is 0 Å². The predicted octanol–water partition coefficient (Wildman–Crippen LogP) is 6.53. The van der Waals surface area contributed by atoms with Crippen LogP contribution in [-0.4, -0.2) is 22.3 Å². The van der Waals surface area contributed by atoms with Gasteiger partial charge in [0.2, 0.25) is 0 Å². The van der Waals surface area contributed by atoms with Crippen molar-refractivity contribution in [3.63, 3.8) is 0 Å². The van der Waals surface area contributed by atoms with E-state index >= 15 is 0 Å².